The first-order valence-electron chi connectivity index (χ1n) is 17.7. The average Bonchev–Trinajstić information content (AvgIpc) is 3.16. The second-order valence-corrected chi connectivity index (χ2v) is 13.7. The van der Waals surface area contributed by atoms with Gasteiger partial charge in [-0.1, -0.05) is 30.3 Å². The fourth-order valence-electron chi connectivity index (χ4n) is 5.42. The maximum absolute atomic E-state index is 13.5. The molecule has 0 saturated carbocycles. The molecular formula is C41H46N4O10. The van der Waals surface area contributed by atoms with Crippen LogP contribution in [0.2, 0.25) is 0 Å². The van der Waals surface area contributed by atoms with Gasteiger partial charge in [0, 0.05) is 44.0 Å². The molecule has 1 aliphatic rings. The number of hydrogen-bond acceptors (Lipinski definition) is 11. The summed E-state index contributed by atoms with van der Waals surface area (Å²) in [5.41, 5.74) is 0.894. The molecule has 1 aliphatic heterocycles. The third kappa shape index (κ3) is 13.5. The van der Waals surface area contributed by atoms with Gasteiger partial charge in [0.2, 0.25) is 5.91 Å². The van der Waals surface area contributed by atoms with E-state index in [9.17, 15) is 29.2 Å². The number of esters is 2. The minimum absolute atomic E-state index is 0.0291. The van der Waals surface area contributed by atoms with E-state index < -0.39 is 35.4 Å². The Labute approximate surface area is 320 Å². The van der Waals surface area contributed by atoms with Crippen molar-refractivity contribution in [2.24, 2.45) is 0 Å². The maximum Gasteiger partial charge on any atom is 0.410 e. The first-order chi connectivity index (χ1) is 26.2. The quantitative estimate of drug-likeness (QED) is 0.124. The molecule has 14 heteroatoms. The summed E-state index contributed by atoms with van der Waals surface area (Å²) >= 11 is 0. The van der Waals surface area contributed by atoms with Crippen molar-refractivity contribution < 1.29 is 47.7 Å². The third-order valence-corrected chi connectivity index (χ3v) is 8.10. The molecular weight excluding hydrogens is 708 g/mol. The SMILES string of the molecule is COC(=O)/C(=C/c1ccc(C#N)cc1OC[C@@H](CC(=O)OCc1ccccc1)NC(=O)c1ccc(OC2CCN(C(=O)OC(C)(C)C)CC2)cc1)NC(C)=O. The van der Waals surface area contributed by atoms with Crippen molar-refractivity contribution >= 4 is 35.9 Å². The molecule has 4 rings (SSSR count). The molecule has 0 radical (unpaired) electrons. The van der Waals surface area contributed by atoms with E-state index in [0.717, 1.165) is 12.7 Å². The summed E-state index contributed by atoms with van der Waals surface area (Å²) in [6.07, 6.45) is 1.84. The highest BCUT2D eigenvalue weighted by Crippen LogP contribution is 2.25. The van der Waals surface area contributed by atoms with E-state index >= 15 is 0 Å². The minimum atomic E-state index is -0.903. The summed E-state index contributed by atoms with van der Waals surface area (Å²) < 4.78 is 27.9. The van der Waals surface area contributed by atoms with Gasteiger partial charge in [0.25, 0.3) is 5.91 Å². The van der Waals surface area contributed by atoms with Crippen LogP contribution < -0.4 is 20.1 Å². The molecule has 3 aromatic rings. The molecule has 290 valence electrons. The van der Waals surface area contributed by atoms with Crippen LogP contribution in [-0.2, 0) is 35.2 Å². The Morgan fingerprint density at radius 3 is 2.29 bits per heavy atom. The van der Waals surface area contributed by atoms with Gasteiger partial charge < -0.3 is 39.2 Å². The van der Waals surface area contributed by atoms with Crippen molar-refractivity contribution in [3.63, 3.8) is 0 Å². The number of piperidine rings is 1. The molecule has 14 nitrogen and oxygen atoms in total. The van der Waals surface area contributed by atoms with Gasteiger partial charge in [-0.3, -0.25) is 14.4 Å². The lowest BCUT2D eigenvalue weighted by Gasteiger charge is -2.33. The summed E-state index contributed by atoms with van der Waals surface area (Å²) in [5, 5.41) is 14.8. The van der Waals surface area contributed by atoms with Crippen LogP contribution in [0.4, 0.5) is 4.79 Å². The Hall–Kier alpha value is -6.36. The molecule has 1 heterocycles. The number of nitriles is 1. The van der Waals surface area contributed by atoms with Crippen LogP contribution in [0.25, 0.3) is 6.08 Å². The van der Waals surface area contributed by atoms with E-state index in [2.05, 4.69) is 10.6 Å². The van der Waals surface area contributed by atoms with Crippen LogP contribution >= 0.6 is 0 Å². The number of rotatable bonds is 14. The zero-order valence-corrected chi connectivity index (χ0v) is 31.6. The number of methoxy groups -OCH3 is 1. The van der Waals surface area contributed by atoms with E-state index in [0.29, 0.717) is 42.8 Å². The highest BCUT2D eigenvalue weighted by Gasteiger charge is 2.28. The van der Waals surface area contributed by atoms with Gasteiger partial charge in [0.15, 0.2) is 0 Å². The molecule has 2 N–H and O–H groups in total. The Kier molecular flexibility index (Phi) is 14.8. The van der Waals surface area contributed by atoms with Crippen molar-refractivity contribution in [1.82, 2.24) is 15.5 Å². The molecule has 0 aromatic heterocycles. The lowest BCUT2D eigenvalue weighted by molar-refractivity contribution is -0.145. The minimum Gasteiger partial charge on any atom is -0.491 e. The van der Waals surface area contributed by atoms with Crippen LogP contribution in [0.3, 0.4) is 0 Å². The van der Waals surface area contributed by atoms with Gasteiger partial charge in [0.1, 0.15) is 42.1 Å². The number of nitrogens with one attached hydrogen (secondary N) is 2. The second kappa shape index (κ2) is 19.6. The van der Waals surface area contributed by atoms with Crippen molar-refractivity contribution in [3.05, 3.63) is 101 Å². The monoisotopic (exact) mass is 754 g/mol. The fourth-order valence-corrected chi connectivity index (χ4v) is 5.42. The van der Waals surface area contributed by atoms with Crippen LogP contribution in [-0.4, -0.2) is 79.3 Å². The summed E-state index contributed by atoms with van der Waals surface area (Å²) in [7, 11) is 1.16. The zero-order chi connectivity index (χ0) is 40.0. The number of nitrogens with zero attached hydrogens (tertiary/aromatic N) is 2. The Morgan fingerprint density at radius 2 is 1.67 bits per heavy atom. The molecule has 0 aliphatic carbocycles. The number of carbonyl (C=O) groups is 5. The topological polar surface area (TPSA) is 183 Å². The first-order valence-corrected chi connectivity index (χ1v) is 17.7. The second-order valence-electron chi connectivity index (χ2n) is 13.7. The lowest BCUT2D eigenvalue weighted by atomic mass is 10.1. The van der Waals surface area contributed by atoms with Gasteiger partial charge in [-0.15, -0.1) is 0 Å². The Balaban J connectivity index is 1.46. The predicted octanol–water partition coefficient (Wildman–Crippen LogP) is 5.30. The standard InChI is InChI=1S/C41H46N4O10/c1-27(46)43-35(39(49)51-5)22-31-12-11-29(24-42)21-36(31)52-26-32(23-37(47)53-25-28-9-7-6-8-10-28)44-38(48)30-13-15-33(16-14-30)54-34-17-19-45(20-18-34)40(50)55-41(2,3)4/h6-16,21-22,32,34H,17-20,23,25-26H2,1-5H3,(H,43,46)(H,44,48)/b35-22-/t32-/m1/s1. The molecule has 0 unspecified atom stereocenters. The first kappa shape index (κ1) is 41.4. The summed E-state index contributed by atoms with van der Waals surface area (Å²) in [6.45, 7) is 7.50. The van der Waals surface area contributed by atoms with Gasteiger partial charge in [-0.2, -0.15) is 5.26 Å². The normalized spacial score (nSPS) is 13.7. The summed E-state index contributed by atoms with van der Waals surface area (Å²) in [6, 6.07) is 21.3. The number of benzene rings is 3. The highest BCUT2D eigenvalue weighted by molar-refractivity contribution is 5.98. The Morgan fingerprint density at radius 1 is 0.982 bits per heavy atom. The fraction of sp³-hybridized carbons (Fsp3) is 0.366. The highest BCUT2D eigenvalue weighted by atomic mass is 16.6. The van der Waals surface area contributed by atoms with Crippen LogP contribution in [0.15, 0.2) is 78.5 Å². The van der Waals surface area contributed by atoms with Crippen molar-refractivity contribution in [1.29, 1.82) is 5.26 Å². The molecule has 55 heavy (non-hydrogen) atoms. The smallest absolute Gasteiger partial charge is 0.410 e. The maximum atomic E-state index is 13.5. The zero-order valence-electron chi connectivity index (χ0n) is 31.6. The van der Waals surface area contributed by atoms with E-state index in [-0.39, 0.29) is 48.8 Å². The van der Waals surface area contributed by atoms with Crippen LogP contribution in [0, 0.1) is 11.3 Å². The summed E-state index contributed by atoms with van der Waals surface area (Å²) in [4.78, 5) is 64.7. The largest absolute Gasteiger partial charge is 0.491 e. The molecule has 1 saturated heterocycles. The summed E-state index contributed by atoms with van der Waals surface area (Å²) in [5.74, 6) is -1.71. The molecule has 0 bridgehead atoms. The van der Waals surface area contributed by atoms with E-state index in [1.807, 2.05) is 57.2 Å². The van der Waals surface area contributed by atoms with Gasteiger partial charge in [0.05, 0.1) is 31.2 Å². The van der Waals surface area contributed by atoms with E-state index in [1.54, 1.807) is 29.2 Å². The Bertz CT molecular complexity index is 1890. The lowest BCUT2D eigenvalue weighted by Crippen LogP contribution is -2.44. The molecule has 1 atom stereocenters. The van der Waals surface area contributed by atoms with Crippen LogP contribution in [0.1, 0.15) is 74.0 Å². The molecule has 0 spiro atoms. The van der Waals surface area contributed by atoms with E-state index in [4.69, 9.17) is 23.7 Å². The van der Waals surface area contributed by atoms with Crippen LogP contribution in [0.5, 0.6) is 11.5 Å². The number of hydrogen-bond donors (Lipinski definition) is 2. The average molecular weight is 755 g/mol. The number of carbonyl (C=O) groups excluding carboxylic acids is 5. The predicted molar refractivity (Wildman–Crippen MR) is 200 cm³/mol. The van der Waals surface area contributed by atoms with Crippen molar-refractivity contribution in [2.45, 2.75) is 71.3 Å². The van der Waals surface area contributed by atoms with Gasteiger partial charge in [-0.05, 0) is 74.9 Å². The third-order valence-electron chi connectivity index (χ3n) is 8.10. The molecule has 3 aromatic carbocycles. The number of likely N-dealkylation sites (tertiary alicyclic amines) is 1. The molecule has 1 fully saturated rings. The van der Waals surface area contributed by atoms with Crippen molar-refractivity contribution in [2.75, 3.05) is 26.8 Å². The number of amides is 3. The molecule has 3 amide bonds. The number of ether oxygens (including phenoxy) is 5. The van der Waals surface area contributed by atoms with E-state index in [1.165, 1.54) is 31.2 Å². The van der Waals surface area contributed by atoms with Gasteiger partial charge >= 0.3 is 18.0 Å². The van der Waals surface area contributed by atoms with Crippen molar-refractivity contribution in [3.8, 4) is 17.6 Å². The van der Waals surface area contributed by atoms with Gasteiger partial charge in [-0.25, -0.2) is 9.59 Å².